The van der Waals surface area contributed by atoms with Gasteiger partial charge in [0.25, 0.3) is 0 Å². The maximum atomic E-state index is 12.3. The summed E-state index contributed by atoms with van der Waals surface area (Å²) in [7, 11) is 0. The van der Waals surface area contributed by atoms with Gasteiger partial charge in [-0.15, -0.1) is 23.1 Å². The molecule has 0 aliphatic carbocycles. The van der Waals surface area contributed by atoms with Gasteiger partial charge in [-0.05, 0) is 32.4 Å². The van der Waals surface area contributed by atoms with Crippen molar-refractivity contribution in [3.63, 3.8) is 0 Å². The van der Waals surface area contributed by atoms with E-state index in [0.717, 1.165) is 26.7 Å². The lowest BCUT2D eigenvalue weighted by Gasteiger charge is -2.07. The van der Waals surface area contributed by atoms with Crippen LogP contribution in [0.1, 0.15) is 28.2 Å². The second kappa shape index (κ2) is 9.00. The molecule has 28 heavy (non-hydrogen) atoms. The van der Waals surface area contributed by atoms with Crippen LogP contribution in [0.4, 0.5) is 5.00 Å². The highest BCUT2D eigenvalue weighted by Crippen LogP contribution is 2.32. The van der Waals surface area contributed by atoms with Crippen LogP contribution in [-0.4, -0.2) is 21.6 Å². The first kappa shape index (κ1) is 20.1. The van der Waals surface area contributed by atoms with Crippen LogP contribution in [0.3, 0.4) is 0 Å². The van der Waals surface area contributed by atoms with Crippen LogP contribution >= 0.6 is 23.1 Å². The van der Waals surface area contributed by atoms with Crippen molar-refractivity contribution in [2.45, 2.75) is 32.2 Å². The quantitative estimate of drug-likeness (QED) is 0.452. The van der Waals surface area contributed by atoms with Gasteiger partial charge in [-0.2, -0.15) is 5.26 Å². The van der Waals surface area contributed by atoms with Crippen molar-refractivity contribution in [3.05, 3.63) is 58.2 Å². The molecule has 1 aromatic carbocycles. The number of anilines is 1. The minimum atomic E-state index is -0.0979. The van der Waals surface area contributed by atoms with E-state index in [-0.39, 0.29) is 5.91 Å². The third-order valence-electron chi connectivity index (χ3n) is 4.21. The Bertz CT molecular complexity index is 1040. The number of aromatic nitrogens is 2. The number of nitrogens with zero attached hydrogens (tertiary/aromatic N) is 3. The number of thioether (sulfide) groups is 1. The molecule has 0 fully saturated rings. The molecule has 0 spiro atoms. The van der Waals surface area contributed by atoms with Gasteiger partial charge in [0.15, 0.2) is 0 Å². The third kappa shape index (κ3) is 4.77. The zero-order valence-corrected chi connectivity index (χ0v) is 17.6. The summed E-state index contributed by atoms with van der Waals surface area (Å²) in [6.45, 7) is 5.72. The minimum absolute atomic E-state index is 0.0979. The first-order valence-electron chi connectivity index (χ1n) is 8.81. The number of rotatable bonds is 6. The molecule has 0 aliphatic rings. The fourth-order valence-electron chi connectivity index (χ4n) is 2.66. The van der Waals surface area contributed by atoms with Crippen molar-refractivity contribution in [2.75, 3.05) is 11.1 Å². The van der Waals surface area contributed by atoms with E-state index >= 15 is 0 Å². The summed E-state index contributed by atoms with van der Waals surface area (Å²) < 4.78 is 0. The van der Waals surface area contributed by atoms with Gasteiger partial charge in [-0.3, -0.25) is 4.79 Å². The van der Waals surface area contributed by atoms with E-state index in [1.54, 1.807) is 0 Å². The molecule has 2 aromatic heterocycles. The van der Waals surface area contributed by atoms with Crippen LogP contribution in [0.15, 0.2) is 41.4 Å². The molecule has 0 saturated heterocycles. The topological polar surface area (TPSA) is 78.7 Å². The molecule has 0 saturated carbocycles. The Labute approximate surface area is 172 Å². The molecule has 0 aliphatic heterocycles. The Hall–Kier alpha value is -2.69. The number of hydrogen-bond acceptors (Lipinski definition) is 6. The molecule has 2 heterocycles. The molecule has 1 N–H and O–H groups in total. The predicted molar refractivity (Wildman–Crippen MR) is 115 cm³/mol. The van der Waals surface area contributed by atoms with Crippen LogP contribution in [0.2, 0.25) is 0 Å². The van der Waals surface area contributed by atoms with Crippen LogP contribution < -0.4 is 5.32 Å². The number of nitriles is 1. The smallest absolute Gasteiger partial charge is 0.225 e. The minimum Gasteiger partial charge on any atom is -0.317 e. The fraction of sp³-hybridized carbons (Fsp3) is 0.238. The summed E-state index contributed by atoms with van der Waals surface area (Å²) in [5.74, 6) is 1.21. The number of benzene rings is 1. The highest BCUT2D eigenvalue weighted by atomic mass is 32.2. The van der Waals surface area contributed by atoms with Crippen molar-refractivity contribution in [1.29, 1.82) is 5.26 Å². The Morgan fingerprint density at radius 3 is 2.68 bits per heavy atom. The highest BCUT2D eigenvalue weighted by molar-refractivity contribution is 7.99. The summed E-state index contributed by atoms with van der Waals surface area (Å²) in [5.41, 5.74) is 3.41. The van der Waals surface area contributed by atoms with Crippen LogP contribution in [0, 0.1) is 32.1 Å². The SMILES string of the molecule is Cc1nc(SCCC(=O)Nc2sc(C)c(C)c2C#N)cc(-c2ccccc2)n1. The summed E-state index contributed by atoms with van der Waals surface area (Å²) in [5, 5.41) is 13.6. The first-order valence-corrected chi connectivity index (χ1v) is 10.6. The van der Waals surface area contributed by atoms with E-state index in [1.807, 2.05) is 57.2 Å². The first-order chi connectivity index (χ1) is 13.5. The number of carbonyl (C=O) groups excluding carboxylic acids is 1. The van der Waals surface area contributed by atoms with Gasteiger partial charge in [0, 0.05) is 22.6 Å². The predicted octanol–water partition coefficient (Wildman–Crippen LogP) is 5.12. The zero-order valence-electron chi connectivity index (χ0n) is 15.9. The van der Waals surface area contributed by atoms with Crippen molar-refractivity contribution >= 4 is 34.0 Å². The van der Waals surface area contributed by atoms with E-state index in [1.165, 1.54) is 23.1 Å². The normalized spacial score (nSPS) is 10.5. The number of amides is 1. The second-order valence-corrected chi connectivity index (χ2v) is 8.59. The molecular weight excluding hydrogens is 388 g/mol. The van der Waals surface area contributed by atoms with Gasteiger partial charge >= 0.3 is 0 Å². The van der Waals surface area contributed by atoms with Crippen molar-refractivity contribution in [2.24, 2.45) is 0 Å². The summed E-state index contributed by atoms with van der Waals surface area (Å²) in [4.78, 5) is 22.3. The van der Waals surface area contributed by atoms with E-state index < -0.39 is 0 Å². The highest BCUT2D eigenvalue weighted by Gasteiger charge is 2.14. The molecule has 3 rings (SSSR count). The van der Waals surface area contributed by atoms with Gasteiger partial charge in [0.1, 0.15) is 21.9 Å². The molecule has 0 bridgehead atoms. The monoisotopic (exact) mass is 408 g/mol. The van der Waals surface area contributed by atoms with Crippen LogP contribution in [0.25, 0.3) is 11.3 Å². The third-order valence-corrected chi connectivity index (χ3v) is 6.25. The molecule has 5 nitrogen and oxygen atoms in total. The van der Waals surface area contributed by atoms with Gasteiger partial charge < -0.3 is 5.32 Å². The van der Waals surface area contributed by atoms with Crippen molar-refractivity contribution < 1.29 is 4.79 Å². The molecule has 142 valence electrons. The number of nitrogens with one attached hydrogen (secondary N) is 1. The Morgan fingerprint density at radius 1 is 1.21 bits per heavy atom. The van der Waals surface area contributed by atoms with Crippen molar-refractivity contribution in [1.82, 2.24) is 9.97 Å². The van der Waals surface area contributed by atoms with Crippen molar-refractivity contribution in [3.8, 4) is 17.3 Å². The number of carbonyl (C=O) groups is 1. The number of aryl methyl sites for hydroxylation is 2. The summed E-state index contributed by atoms with van der Waals surface area (Å²) >= 11 is 2.97. The van der Waals surface area contributed by atoms with Gasteiger partial charge in [-0.25, -0.2) is 9.97 Å². The largest absolute Gasteiger partial charge is 0.317 e. The Kier molecular flexibility index (Phi) is 6.45. The molecule has 0 unspecified atom stereocenters. The standard InChI is InChI=1S/C21H20N4OS2/c1-13-14(2)28-21(17(13)12-22)25-19(26)9-10-27-20-11-18(23-15(3)24-20)16-7-5-4-6-8-16/h4-8,11H,9-10H2,1-3H3,(H,25,26). The molecule has 0 radical (unpaired) electrons. The maximum absolute atomic E-state index is 12.3. The summed E-state index contributed by atoms with van der Waals surface area (Å²) in [6, 6.07) is 14.1. The van der Waals surface area contributed by atoms with Crippen LogP contribution in [0.5, 0.6) is 0 Å². The molecule has 1 amide bonds. The van der Waals surface area contributed by atoms with Gasteiger partial charge in [-0.1, -0.05) is 30.3 Å². The maximum Gasteiger partial charge on any atom is 0.225 e. The Morgan fingerprint density at radius 2 is 1.96 bits per heavy atom. The van der Waals surface area contributed by atoms with E-state index in [4.69, 9.17) is 0 Å². The fourth-order valence-corrected chi connectivity index (χ4v) is 4.57. The average Bonchev–Trinajstić information content (AvgIpc) is 2.94. The lowest BCUT2D eigenvalue weighted by atomic mass is 10.1. The average molecular weight is 409 g/mol. The lowest BCUT2D eigenvalue weighted by Crippen LogP contribution is -2.12. The van der Waals surface area contributed by atoms with Gasteiger partial charge in [0.2, 0.25) is 5.91 Å². The van der Waals surface area contributed by atoms with E-state index in [9.17, 15) is 10.1 Å². The second-order valence-electron chi connectivity index (χ2n) is 6.25. The zero-order chi connectivity index (χ0) is 20.1. The van der Waals surface area contributed by atoms with Gasteiger partial charge in [0.05, 0.1) is 11.3 Å². The summed E-state index contributed by atoms with van der Waals surface area (Å²) in [6.07, 6.45) is 0.343. The Balaban J connectivity index is 1.61. The molecule has 0 atom stereocenters. The number of hydrogen-bond donors (Lipinski definition) is 1. The van der Waals surface area contributed by atoms with E-state index in [0.29, 0.717) is 28.6 Å². The molecule has 3 aromatic rings. The lowest BCUT2D eigenvalue weighted by molar-refractivity contribution is -0.115. The molecule has 7 heteroatoms. The molecular formula is C21H20N4OS2. The van der Waals surface area contributed by atoms with E-state index in [2.05, 4.69) is 21.4 Å². The number of thiophene rings is 1. The van der Waals surface area contributed by atoms with Crippen LogP contribution in [-0.2, 0) is 4.79 Å².